The molecular formula is C21H24N2O4S2. The molecule has 1 N–H and O–H groups in total. The minimum atomic E-state index is -3.67. The average Bonchev–Trinajstić information content (AvgIpc) is 3.25. The molecule has 1 saturated carbocycles. The van der Waals surface area contributed by atoms with Crippen LogP contribution in [-0.4, -0.2) is 31.9 Å². The van der Waals surface area contributed by atoms with Gasteiger partial charge in [-0.2, -0.15) is 5.26 Å². The van der Waals surface area contributed by atoms with Gasteiger partial charge >= 0.3 is 0 Å². The molecule has 1 aliphatic rings. The highest BCUT2D eigenvalue weighted by Gasteiger charge is 2.50. The fourth-order valence-corrected chi connectivity index (χ4v) is 7.35. The molecule has 8 heteroatoms. The zero-order chi connectivity index (χ0) is 20.7. The van der Waals surface area contributed by atoms with Crippen LogP contribution in [0.2, 0.25) is 0 Å². The van der Waals surface area contributed by atoms with Crippen LogP contribution in [0.1, 0.15) is 31.4 Å². The van der Waals surface area contributed by atoms with Gasteiger partial charge in [-0.05, 0) is 37.1 Å². The molecular weight excluding hydrogens is 408 g/mol. The van der Waals surface area contributed by atoms with E-state index in [1.54, 1.807) is 48.4 Å². The normalized spacial score (nSPS) is 22.0. The van der Waals surface area contributed by atoms with E-state index < -0.39 is 15.3 Å². The molecule has 29 heavy (non-hydrogen) atoms. The standard InChI is InChI=1S/C21H24N2O4S2/c22-12-13-23-20(24)21(16-29(25,26)18-8-2-1-3-9-18)11-5-4-10-19(21)28-15-17-7-6-14-27-17/h1-3,6-9,14,19H,4-5,10-11,13,15-16H2,(H,23,24). The number of carbonyl (C=O) groups is 1. The lowest BCUT2D eigenvalue weighted by molar-refractivity contribution is -0.130. The van der Waals surface area contributed by atoms with Gasteiger partial charge in [0, 0.05) is 5.25 Å². The van der Waals surface area contributed by atoms with Gasteiger partial charge in [0.2, 0.25) is 5.91 Å². The third-order valence-corrected chi connectivity index (χ3v) is 8.72. The predicted octanol–water partition coefficient (Wildman–Crippen LogP) is 3.56. The summed E-state index contributed by atoms with van der Waals surface area (Å²) < 4.78 is 31.8. The van der Waals surface area contributed by atoms with Gasteiger partial charge in [0.05, 0.1) is 34.1 Å². The summed E-state index contributed by atoms with van der Waals surface area (Å²) in [5.74, 6) is 0.737. The Morgan fingerprint density at radius 3 is 2.72 bits per heavy atom. The van der Waals surface area contributed by atoms with Crippen LogP contribution in [0.3, 0.4) is 0 Å². The molecule has 3 rings (SSSR count). The molecule has 2 aromatic rings. The Morgan fingerprint density at radius 1 is 1.24 bits per heavy atom. The molecule has 1 aromatic heterocycles. The van der Waals surface area contributed by atoms with Crippen molar-refractivity contribution in [3.8, 4) is 6.07 Å². The Labute approximate surface area is 175 Å². The second-order valence-electron chi connectivity index (χ2n) is 7.19. The second-order valence-corrected chi connectivity index (χ2v) is 10.4. The number of rotatable bonds is 8. The van der Waals surface area contributed by atoms with Crippen molar-refractivity contribution >= 4 is 27.5 Å². The van der Waals surface area contributed by atoms with E-state index >= 15 is 0 Å². The highest BCUT2D eigenvalue weighted by atomic mass is 32.2. The summed E-state index contributed by atoms with van der Waals surface area (Å²) in [5, 5.41) is 11.4. The number of nitriles is 1. The van der Waals surface area contributed by atoms with Crippen LogP contribution < -0.4 is 5.32 Å². The van der Waals surface area contributed by atoms with Crippen molar-refractivity contribution in [2.75, 3.05) is 12.3 Å². The maximum Gasteiger partial charge on any atom is 0.229 e. The second kappa shape index (κ2) is 9.51. The highest BCUT2D eigenvalue weighted by Crippen LogP contribution is 2.46. The molecule has 154 valence electrons. The van der Waals surface area contributed by atoms with E-state index in [0.29, 0.717) is 12.2 Å². The maximum atomic E-state index is 13.2. The van der Waals surface area contributed by atoms with Gasteiger partial charge < -0.3 is 9.73 Å². The van der Waals surface area contributed by atoms with E-state index in [4.69, 9.17) is 9.68 Å². The lowest BCUT2D eigenvalue weighted by Crippen LogP contribution is -2.53. The first-order valence-electron chi connectivity index (χ1n) is 9.55. The molecule has 1 fully saturated rings. The summed E-state index contributed by atoms with van der Waals surface area (Å²) in [7, 11) is -3.67. The first-order chi connectivity index (χ1) is 14.0. The van der Waals surface area contributed by atoms with Gasteiger partial charge in [0.1, 0.15) is 12.3 Å². The van der Waals surface area contributed by atoms with Gasteiger partial charge in [-0.25, -0.2) is 8.42 Å². The smallest absolute Gasteiger partial charge is 0.229 e. The highest BCUT2D eigenvalue weighted by molar-refractivity contribution is 7.99. The molecule has 2 unspecified atom stereocenters. The minimum absolute atomic E-state index is 0.137. The molecule has 0 aliphatic heterocycles. The Bertz CT molecular complexity index is 952. The van der Waals surface area contributed by atoms with E-state index in [1.807, 2.05) is 18.2 Å². The summed E-state index contributed by atoms with van der Waals surface area (Å²) in [5.41, 5.74) is -1.08. The number of nitrogens with zero attached hydrogens (tertiary/aromatic N) is 1. The van der Waals surface area contributed by atoms with Crippen molar-refractivity contribution in [3.05, 3.63) is 54.5 Å². The third-order valence-electron chi connectivity index (χ3n) is 5.29. The van der Waals surface area contributed by atoms with Crippen LogP contribution in [0, 0.1) is 16.7 Å². The largest absolute Gasteiger partial charge is 0.468 e. The van der Waals surface area contributed by atoms with Crippen molar-refractivity contribution < 1.29 is 17.6 Å². The SMILES string of the molecule is N#CCNC(=O)C1(CS(=O)(=O)c2ccccc2)CCCCC1SCc1ccco1. The van der Waals surface area contributed by atoms with Gasteiger partial charge in [-0.3, -0.25) is 4.79 Å². The molecule has 6 nitrogen and oxygen atoms in total. The Hall–Kier alpha value is -2.24. The number of furan rings is 1. The lowest BCUT2D eigenvalue weighted by atomic mass is 9.74. The number of hydrogen-bond donors (Lipinski definition) is 1. The quantitative estimate of drug-likeness (QED) is 0.640. The molecule has 2 atom stereocenters. The number of hydrogen-bond acceptors (Lipinski definition) is 6. The van der Waals surface area contributed by atoms with Gasteiger partial charge in [0.25, 0.3) is 0 Å². The number of carbonyl (C=O) groups excluding carboxylic acids is 1. The molecule has 0 spiro atoms. The molecule has 0 saturated heterocycles. The Kier molecular flexibility index (Phi) is 7.04. The Morgan fingerprint density at radius 2 is 2.03 bits per heavy atom. The van der Waals surface area contributed by atoms with Crippen LogP contribution >= 0.6 is 11.8 Å². The van der Waals surface area contributed by atoms with E-state index in [2.05, 4.69) is 5.32 Å². The van der Waals surface area contributed by atoms with Crippen molar-refractivity contribution in [1.82, 2.24) is 5.32 Å². The van der Waals surface area contributed by atoms with Crippen LogP contribution in [0.25, 0.3) is 0 Å². The molecule has 0 radical (unpaired) electrons. The van der Waals surface area contributed by atoms with E-state index in [9.17, 15) is 13.2 Å². The third kappa shape index (κ3) is 5.03. The van der Waals surface area contributed by atoms with Gasteiger partial charge in [0.15, 0.2) is 9.84 Å². The van der Waals surface area contributed by atoms with E-state index in [-0.39, 0.29) is 28.4 Å². The molecule has 1 heterocycles. The average molecular weight is 433 g/mol. The minimum Gasteiger partial charge on any atom is -0.468 e. The molecule has 1 amide bonds. The zero-order valence-electron chi connectivity index (χ0n) is 16.0. The van der Waals surface area contributed by atoms with Crippen LogP contribution in [0.4, 0.5) is 0 Å². The monoisotopic (exact) mass is 432 g/mol. The van der Waals surface area contributed by atoms with Crippen molar-refractivity contribution in [3.63, 3.8) is 0 Å². The summed E-state index contributed by atoms with van der Waals surface area (Å²) in [4.78, 5) is 13.4. The van der Waals surface area contributed by atoms with E-state index in [1.165, 1.54) is 0 Å². The number of nitrogens with one attached hydrogen (secondary N) is 1. The number of sulfone groups is 1. The van der Waals surface area contributed by atoms with Crippen LogP contribution in [0.15, 0.2) is 58.0 Å². The first-order valence-corrected chi connectivity index (χ1v) is 12.2. The topological polar surface area (TPSA) is 100 Å². The van der Waals surface area contributed by atoms with Crippen LogP contribution in [0.5, 0.6) is 0 Å². The lowest BCUT2D eigenvalue weighted by Gasteiger charge is -2.42. The van der Waals surface area contributed by atoms with E-state index in [0.717, 1.165) is 25.0 Å². The number of benzene rings is 1. The van der Waals surface area contributed by atoms with Crippen LogP contribution in [-0.2, 0) is 20.4 Å². The summed E-state index contributed by atoms with van der Waals surface area (Å²) in [6.45, 7) is -0.137. The maximum absolute atomic E-state index is 13.2. The molecule has 1 aliphatic carbocycles. The molecule has 1 aromatic carbocycles. The number of amides is 1. The Balaban J connectivity index is 1.92. The van der Waals surface area contributed by atoms with Crippen molar-refractivity contribution in [2.45, 2.75) is 41.6 Å². The van der Waals surface area contributed by atoms with Crippen molar-refractivity contribution in [2.24, 2.45) is 5.41 Å². The predicted molar refractivity (Wildman–Crippen MR) is 112 cm³/mol. The van der Waals surface area contributed by atoms with Gasteiger partial charge in [-0.15, -0.1) is 11.8 Å². The summed E-state index contributed by atoms with van der Waals surface area (Å²) >= 11 is 1.56. The summed E-state index contributed by atoms with van der Waals surface area (Å²) in [6.07, 6.45) is 4.54. The van der Waals surface area contributed by atoms with Gasteiger partial charge in [-0.1, -0.05) is 31.0 Å². The molecule has 0 bridgehead atoms. The fourth-order valence-electron chi connectivity index (χ4n) is 3.86. The first kappa shape index (κ1) is 21.5. The zero-order valence-corrected chi connectivity index (χ0v) is 17.7. The van der Waals surface area contributed by atoms with Crippen molar-refractivity contribution in [1.29, 1.82) is 5.26 Å². The fraction of sp³-hybridized carbons (Fsp3) is 0.429. The number of thioether (sulfide) groups is 1. The summed E-state index contributed by atoms with van der Waals surface area (Å²) in [6, 6.07) is 13.8.